The van der Waals surface area contributed by atoms with Crippen LogP contribution in [0, 0.1) is 11.6 Å². The van der Waals surface area contributed by atoms with Gasteiger partial charge in [-0.3, -0.25) is 4.79 Å². The maximum absolute atomic E-state index is 15.6. The Morgan fingerprint density at radius 1 is 1.05 bits per heavy atom. The minimum atomic E-state index is -1.25. The summed E-state index contributed by atoms with van der Waals surface area (Å²) in [4.78, 5) is 53.0. The van der Waals surface area contributed by atoms with Gasteiger partial charge in [-0.1, -0.05) is 0 Å². The molecule has 1 N–H and O–H groups in total. The van der Waals surface area contributed by atoms with Gasteiger partial charge in [0, 0.05) is 35.8 Å². The summed E-state index contributed by atoms with van der Waals surface area (Å²) in [7, 11) is 0. The van der Waals surface area contributed by atoms with Gasteiger partial charge in [-0.05, 0) is 80.2 Å². The van der Waals surface area contributed by atoms with Crippen molar-refractivity contribution in [2.75, 3.05) is 13.2 Å². The number of nitrogens with zero attached hydrogens (tertiary/aromatic N) is 2. The monoisotopic (exact) mass is 591 g/mol. The van der Waals surface area contributed by atoms with Crippen LogP contribution in [-0.4, -0.2) is 64.1 Å². The maximum Gasteiger partial charge on any atom is 0.410 e. The Hall–Kier alpha value is -3.70. The first kappa shape index (κ1) is 31.2. The number of aromatic nitrogens is 1. The highest BCUT2D eigenvalue weighted by Crippen LogP contribution is 2.39. The fraction of sp³-hybridized carbons (Fsp3) is 0.600. The molecule has 1 aliphatic carbocycles. The number of carbonyl (C=O) groups excluding carboxylic acids is 3. The van der Waals surface area contributed by atoms with E-state index in [0.29, 0.717) is 0 Å². The molecule has 0 radical (unpaired) electrons. The van der Waals surface area contributed by atoms with E-state index in [0.717, 1.165) is 18.9 Å². The molecule has 12 heteroatoms. The molecule has 0 bridgehead atoms. The summed E-state index contributed by atoms with van der Waals surface area (Å²) in [5, 5.41) is 2.61. The highest BCUT2D eigenvalue weighted by molar-refractivity contribution is 5.94. The molecule has 1 aromatic heterocycles. The Morgan fingerprint density at radius 3 is 2.26 bits per heavy atom. The van der Waals surface area contributed by atoms with Gasteiger partial charge in [0.1, 0.15) is 16.8 Å². The fourth-order valence-corrected chi connectivity index (χ4v) is 5.19. The molecule has 2 aromatic rings. The SMILES string of the molecule is CCOC(=O)c1cn(C2CC2)c2c(C[C@H]3C[C@H](NC(=O)OC(C)(C)C)CN3C(=O)OC(C)(C)C)c(F)c(F)cc2c1=O. The zero-order valence-electron chi connectivity index (χ0n) is 25.1. The number of halogens is 2. The Bertz CT molecular complexity index is 1450. The van der Waals surface area contributed by atoms with Crippen molar-refractivity contribution in [3.8, 4) is 0 Å². The lowest BCUT2D eigenvalue weighted by atomic mass is 9.97. The van der Waals surface area contributed by atoms with E-state index in [4.69, 9.17) is 14.2 Å². The number of esters is 1. The Kier molecular flexibility index (Phi) is 8.57. The van der Waals surface area contributed by atoms with Gasteiger partial charge in [0.25, 0.3) is 0 Å². The highest BCUT2D eigenvalue weighted by Gasteiger charge is 2.40. The molecule has 1 aromatic carbocycles. The molecule has 0 spiro atoms. The van der Waals surface area contributed by atoms with Crippen LogP contribution in [-0.2, 0) is 20.6 Å². The number of fused-ring (bicyclic) bond motifs is 1. The average molecular weight is 592 g/mol. The van der Waals surface area contributed by atoms with Crippen LogP contribution in [0.3, 0.4) is 0 Å². The number of carbonyl (C=O) groups is 3. The molecule has 2 fully saturated rings. The number of hydrogen-bond acceptors (Lipinski definition) is 7. The first-order valence-electron chi connectivity index (χ1n) is 14.2. The normalized spacial score (nSPS) is 19.1. The number of ether oxygens (including phenoxy) is 3. The van der Waals surface area contributed by atoms with Crippen LogP contribution in [0.1, 0.15) is 89.7 Å². The third-order valence-electron chi connectivity index (χ3n) is 6.94. The second kappa shape index (κ2) is 11.5. The summed E-state index contributed by atoms with van der Waals surface area (Å²) in [6, 6.07) is -0.573. The van der Waals surface area contributed by atoms with Crippen molar-refractivity contribution in [3.05, 3.63) is 45.2 Å². The van der Waals surface area contributed by atoms with Crippen molar-refractivity contribution >= 4 is 29.1 Å². The minimum absolute atomic E-state index is 0.0451. The van der Waals surface area contributed by atoms with Crippen molar-refractivity contribution < 1.29 is 37.4 Å². The predicted molar refractivity (Wildman–Crippen MR) is 151 cm³/mol. The van der Waals surface area contributed by atoms with Crippen LogP contribution in [0.2, 0.25) is 0 Å². The molecule has 0 unspecified atom stereocenters. The molecular formula is C30H39F2N3O7. The number of amides is 2. The number of rotatable bonds is 6. The lowest BCUT2D eigenvalue weighted by Gasteiger charge is -2.29. The number of nitrogens with one attached hydrogen (secondary N) is 1. The van der Waals surface area contributed by atoms with Gasteiger partial charge in [0.15, 0.2) is 11.6 Å². The molecule has 1 saturated carbocycles. The lowest BCUT2D eigenvalue weighted by Crippen LogP contribution is -2.43. The van der Waals surface area contributed by atoms with E-state index in [1.807, 2.05) is 0 Å². The Balaban J connectivity index is 1.78. The van der Waals surface area contributed by atoms with Crippen LogP contribution in [0.4, 0.5) is 18.4 Å². The van der Waals surface area contributed by atoms with Crippen molar-refractivity contribution in [2.24, 2.45) is 0 Å². The number of pyridine rings is 1. The standard InChI is InChI=1S/C30H39F2N3O7/c1-8-40-26(37)21-15-34(17-9-10-17)24-19(23(32)22(31)13-20(24)25(21)36)12-18-11-16(33-27(38)41-29(2,3)4)14-35(18)28(39)42-30(5,6)7/h13,15-18H,8-12,14H2,1-7H3,(H,33,38)/t16-,18+/m0/s1. The van der Waals surface area contributed by atoms with Gasteiger partial charge in [-0.25, -0.2) is 23.2 Å². The molecular weight excluding hydrogens is 552 g/mol. The van der Waals surface area contributed by atoms with Gasteiger partial charge < -0.3 is 29.0 Å². The molecule has 4 rings (SSSR count). The van der Waals surface area contributed by atoms with Gasteiger partial charge in [-0.15, -0.1) is 0 Å². The third-order valence-corrected chi connectivity index (χ3v) is 6.94. The predicted octanol–water partition coefficient (Wildman–Crippen LogP) is 5.24. The molecule has 2 atom stereocenters. The molecule has 42 heavy (non-hydrogen) atoms. The molecule has 230 valence electrons. The average Bonchev–Trinajstić information content (AvgIpc) is 3.61. The second-order valence-electron chi connectivity index (χ2n) is 12.8. The number of benzene rings is 1. The van der Waals surface area contributed by atoms with Gasteiger partial charge >= 0.3 is 18.2 Å². The molecule has 2 amide bonds. The van der Waals surface area contributed by atoms with E-state index in [2.05, 4.69) is 5.32 Å². The summed E-state index contributed by atoms with van der Waals surface area (Å²) < 4.78 is 48.3. The maximum atomic E-state index is 15.6. The topological polar surface area (TPSA) is 116 Å². The zero-order chi connectivity index (χ0) is 31.1. The van der Waals surface area contributed by atoms with Crippen LogP contribution in [0.15, 0.2) is 17.1 Å². The summed E-state index contributed by atoms with van der Waals surface area (Å²) >= 11 is 0. The van der Waals surface area contributed by atoms with Gasteiger partial charge in [0.2, 0.25) is 5.43 Å². The van der Waals surface area contributed by atoms with Gasteiger partial charge in [-0.2, -0.15) is 0 Å². The summed E-state index contributed by atoms with van der Waals surface area (Å²) in [5.74, 6) is -3.23. The zero-order valence-corrected chi connectivity index (χ0v) is 25.1. The summed E-state index contributed by atoms with van der Waals surface area (Å²) in [6.45, 7) is 12.0. The molecule has 2 heterocycles. The quantitative estimate of drug-likeness (QED) is 0.361. The van der Waals surface area contributed by atoms with E-state index in [1.165, 1.54) is 11.1 Å². The number of hydrogen-bond donors (Lipinski definition) is 1. The highest BCUT2D eigenvalue weighted by atomic mass is 19.2. The van der Waals surface area contributed by atoms with E-state index >= 15 is 8.78 Å². The lowest BCUT2D eigenvalue weighted by molar-refractivity contribution is 0.0218. The smallest absolute Gasteiger partial charge is 0.410 e. The van der Waals surface area contributed by atoms with Crippen LogP contribution < -0.4 is 10.7 Å². The van der Waals surface area contributed by atoms with Crippen LogP contribution in [0.5, 0.6) is 0 Å². The van der Waals surface area contributed by atoms with Crippen LogP contribution in [0.25, 0.3) is 10.9 Å². The molecule has 1 aliphatic heterocycles. The number of alkyl carbamates (subject to hydrolysis) is 1. The Morgan fingerprint density at radius 2 is 1.69 bits per heavy atom. The van der Waals surface area contributed by atoms with E-state index in [9.17, 15) is 19.2 Å². The van der Waals surface area contributed by atoms with E-state index < -0.39 is 58.5 Å². The fourth-order valence-electron chi connectivity index (χ4n) is 5.19. The van der Waals surface area contributed by atoms with Gasteiger partial charge in [0.05, 0.1) is 18.2 Å². The molecule has 1 saturated heterocycles. The van der Waals surface area contributed by atoms with Crippen LogP contribution >= 0.6 is 0 Å². The minimum Gasteiger partial charge on any atom is -0.462 e. The first-order chi connectivity index (χ1) is 19.5. The second-order valence-corrected chi connectivity index (χ2v) is 12.8. The summed E-state index contributed by atoms with van der Waals surface area (Å²) in [6.07, 6.45) is 1.50. The van der Waals surface area contributed by atoms with E-state index in [1.54, 1.807) is 53.0 Å². The van der Waals surface area contributed by atoms with Crippen molar-refractivity contribution in [1.29, 1.82) is 0 Å². The van der Waals surface area contributed by atoms with E-state index in [-0.39, 0.29) is 54.1 Å². The number of likely N-dealkylation sites (tertiary alicyclic amines) is 1. The third kappa shape index (κ3) is 7.01. The largest absolute Gasteiger partial charge is 0.462 e. The first-order valence-corrected chi connectivity index (χ1v) is 14.2. The summed E-state index contributed by atoms with van der Waals surface area (Å²) in [5.41, 5.74) is -2.52. The van der Waals surface area contributed by atoms with Crippen molar-refractivity contribution in [3.63, 3.8) is 0 Å². The van der Waals surface area contributed by atoms with Crippen molar-refractivity contribution in [2.45, 2.75) is 103 Å². The molecule has 2 aliphatic rings. The van der Waals surface area contributed by atoms with Crippen molar-refractivity contribution in [1.82, 2.24) is 14.8 Å². The molecule has 10 nitrogen and oxygen atoms in total. The Labute approximate surface area is 243 Å².